The summed E-state index contributed by atoms with van der Waals surface area (Å²) in [4.78, 5) is 11.8. The minimum Gasteiger partial charge on any atom is -0.349 e. The van der Waals surface area contributed by atoms with Crippen molar-refractivity contribution in [1.82, 2.24) is 5.32 Å². The number of hydrogen-bond donors (Lipinski definition) is 1. The van der Waals surface area contributed by atoms with Gasteiger partial charge in [-0.2, -0.15) is 0 Å². The molecule has 0 spiro atoms. The predicted octanol–water partition coefficient (Wildman–Crippen LogP) is 3.88. The number of alkyl halides is 1. The summed E-state index contributed by atoms with van der Waals surface area (Å²) < 4.78 is 14.1. The Balaban J connectivity index is 2.66. The molecule has 1 unspecified atom stereocenters. The van der Waals surface area contributed by atoms with Crippen LogP contribution in [-0.4, -0.2) is 17.3 Å². The Morgan fingerprint density at radius 2 is 2.24 bits per heavy atom. The van der Waals surface area contributed by atoms with E-state index in [-0.39, 0.29) is 17.5 Å². The van der Waals surface area contributed by atoms with Gasteiger partial charge in [-0.15, -0.1) is 0 Å². The molecule has 5 heteroatoms. The topological polar surface area (TPSA) is 29.1 Å². The van der Waals surface area contributed by atoms with Gasteiger partial charge in [0.1, 0.15) is 5.82 Å². The van der Waals surface area contributed by atoms with Crippen LogP contribution in [0.25, 0.3) is 0 Å². The van der Waals surface area contributed by atoms with Gasteiger partial charge in [-0.05, 0) is 38.0 Å². The van der Waals surface area contributed by atoms with E-state index in [2.05, 4.69) is 37.2 Å². The van der Waals surface area contributed by atoms with E-state index in [0.29, 0.717) is 4.47 Å². The molecule has 0 saturated carbocycles. The molecule has 1 aromatic rings. The van der Waals surface area contributed by atoms with E-state index in [9.17, 15) is 9.18 Å². The molecule has 1 N–H and O–H groups in total. The number of carbonyl (C=O) groups is 1. The number of rotatable bonds is 5. The van der Waals surface area contributed by atoms with E-state index in [1.165, 1.54) is 12.1 Å². The summed E-state index contributed by atoms with van der Waals surface area (Å²) in [6, 6.07) is 4.38. The van der Waals surface area contributed by atoms with Gasteiger partial charge in [0.25, 0.3) is 5.91 Å². The van der Waals surface area contributed by atoms with Crippen molar-refractivity contribution in [2.45, 2.75) is 25.8 Å². The van der Waals surface area contributed by atoms with E-state index in [1.54, 1.807) is 6.07 Å². The van der Waals surface area contributed by atoms with Gasteiger partial charge in [-0.25, -0.2) is 4.39 Å². The molecule has 0 saturated heterocycles. The first kappa shape index (κ1) is 14.6. The summed E-state index contributed by atoms with van der Waals surface area (Å²) in [5.74, 6) is -0.871. The van der Waals surface area contributed by atoms with Crippen molar-refractivity contribution >= 4 is 37.8 Å². The smallest absolute Gasteiger partial charge is 0.254 e. The largest absolute Gasteiger partial charge is 0.349 e. The molecule has 2 nitrogen and oxygen atoms in total. The monoisotopic (exact) mass is 365 g/mol. The lowest BCUT2D eigenvalue weighted by molar-refractivity contribution is 0.0934. The number of amides is 1. The molecule has 0 radical (unpaired) electrons. The molecule has 0 bridgehead atoms. The van der Waals surface area contributed by atoms with Gasteiger partial charge in [-0.1, -0.05) is 31.9 Å². The molecule has 1 atom stereocenters. The number of hydrogen-bond acceptors (Lipinski definition) is 1. The van der Waals surface area contributed by atoms with Crippen LogP contribution in [0.5, 0.6) is 0 Å². The van der Waals surface area contributed by atoms with Gasteiger partial charge in [0.15, 0.2) is 0 Å². The van der Waals surface area contributed by atoms with E-state index in [4.69, 9.17) is 0 Å². The summed E-state index contributed by atoms with van der Waals surface area (Å²) in [5, 5.41) is 3.68. The molecule has 17 heavy (non-hydrogen) atoms. The highest BCUT2D eigenvalue weighted by atomic mass is 79.9. The fraction of sp³-hybridized carbons (Fsp3) is 0.417. The number of carbonyl (C=O) groups excluding carboxylic acids is 1. The van der Waals surface area contributed by atoms with Crippen molar-refractivity contribution < 1.29 is 9.18 Å². The second kappa shape index (κ2) is 7.11. The maximum Gasteiger partial charge on any atom is 0.254 e. The SMILES string of the molecule is CC(CCCBr)NC(=O)c1cc(Br)ccc1F. The van der Waals surface area contributed by atoms with Crippen LogP contribution >= 0.6 is 31.9 Å². The van der Waals surface area contributed by atoms with Crippen LogP contribution in [-0.2, 0) is 0 Å². The quantitative estimate of drug-likeness (QED) is 0.787. The Morgan fingerprint density at radius 3 is 2.88 bits per heavy atom. The highest BCUT2D eigenvalue weighted by Crippen LogP contribution is 2.15. The third-order valence-corrected chi connectivity index (χ3v) is 3.38. The fourth-order valence-corrected chi connectivity index (χ4v) is 2.11. The lowest BCUT2D eigenvalue weighted by Crippen LogP contribution is -2.33. The molecule has 0 fully saturated rings. The standard InChI is InChI=1S/C12H14Br2FNO/c1-8(3-2-6-13)16-12(17)10-7-9(14)4-5-11(10)15/h4-5,7-8H,2-3,6H2,1H3,(H,16,17). The number of benzene rings is 1. The third-order valence-electron chi connectivity index (χ3n) is 2.32. The zero-order valence-electron chi connectivity index (χ0n) is 9.47. The van der Waals surface area contributed by atoms with Gasteiger partial charge in [-0.3, -0.25) is 4.79 Å². The van der Waals surface area contributed by atoms with Crippen LogP contribution in [0.15, 0.2) is 22.7 Å². The van der Waals surface area contributed by atoms with Crippen LogP contribution in [0.4, 0.5) is 4.39 Å². The van der Waals surface area contributed by atoms with Crippen LogP contribution in [0.2, 0.25) is 0 Å². The van der Waals surface area contributed by atoms with Crippen LogP contribution in [0.3, 0.4) is 0 Å². The third kappa shape index (κ3) is 4.76. The second-order valence-corrected chi connectivity index (χ2v) is 5.54. The minimum atomic E-state index is -0.501. The molecule has 0 aromatic heterocycles. The van der Waals surface area contributed by atoms with E-state index >= 15 is 0 Å². The van der Waals surface area contributed by atoms with Gasteiger partial charge in [0.05, 0.1) is 5.56 Å². The molecular formula is C12H14Br2FNO. The van der Waals surface area contributed by atoms with Crippen molar-refractivity contribution in [2.24, 2.45) is 0 Å². The molecular weight excluding hydrogens is 353 g/mol. The molecule has 0 aliphatic rings. The minimum absolute atomic E-state index is 0.0402. The van der Waals surface area contributed by atoms with E-state index in [0.717, 1.165) is 18.2 Å². The van der Waals surface area contributed by atoms with Gasteiger partial charge < -0.3 is 5.32 Å². The Morgan fingerprint density at radius 1 is 1.53 bits per heavy atom. The fourth-order valence-electron chi connectivity index (χ4n) is 1.43. The maximum atomic E-state index is 13.4. The van der Waals surface area contributed by atoms with Crippen molar-refractivity contribution in [1.29, 1.82) is 0 Å². The first-order chi connectivity index (χ1) is 8.04. The number of nitrogens with one attached hydrogen (secondary N) is 1. The first-order valence-electron chi connectivity index (χ1n) is 5.36. The summed E-state index contributed by atoms with van der Waals surface area (Å²) in [5.41, 5.74) is 0.0741. The Bertz CT molecular complexity index is 398. The summed E-state index contributed by atoms with van der Waals surface area (Å²) in [6.45, 7) is 1.91. The molecule has 1 aromatic carbocycles. The lowest BCUT2D eigenvalue weighted by atomic mass is 10.1. The molecule has 0 aliphatic carbocycles. The lowest BCUT2D eigenvalue weighted by Gasteiger charge is -2.13. The molecule has 94 valence electrons. The highest BCUT2D eigenvalue weighted by Gasteiger charge is 2.14. The molecule has 1 rings (SSSR count). The van der Waals surface area contributed by atoms with Gasteiger partial charge in [0, 0.05) is 15.8 Å². The van der Waals surface area contributed by atoms with Crippen LogP contribution in [0.1, 0.15) is 30.1 Å². The van der Waals surface area contributed by atoms with Crippen molar-refractivity contribution in [3.8, 4) is 0 Å². The van der Waals surface area contributed by atoms with E-state index in [1.807, 2.05) is 6.92 Å². The summed E-state index contributed by atoms with van der Waals surface area (Å²) in [7, 11) is 0. The molecule has 0 aliphatic heterocycles. The zero-order chi connectivity index (χ0) is 12.8. The van der Waals surface area contributed by atoms with Crippen LogP contribution in [0, 0.1) is 5.82 Å². The van der Waals surface area contributed by atoms with Crippen molar-refractivity contribution in [3.63, 3.8) is 0 Å². The Labute approximate surface area is 117 Å². The van der Waals surface area contributed by atoms with Gasteiger partial charge in [0.2, 0.25) is 0 Å². The summed E-state index contributed by atoms with van der Waals surface area (Å²) in [6.07, 6.45) is 1.84. The van der Waals surface area contributed by atoms with Crippen molar-refractivity contribution in [3.05, 3.63) is 34.1 Å². The average molecular weight is 367 g/mol. The molecule has 1 amide bonds. The zero-order valence-corrected chi connectivity index (χ0v) is 12.6. The highest BCUT2D eigenvalue weighted by molar-refractivity contribution is 9.10. The molecule has 0 heterocycles. The predicted molar refractivity (Wildman–Crippen MR) is 74.1 cm³/mol. The number of halogens is 3. The Hall–Kier alpha value is -0.420. The van der Waals surface area contributed by atoms with Crippen molar-refractivity contribution in [2.75, 3.05) is 5.33 Å². The average Bonchev–Trinajstić information content (AvgIpc) is 2.29. The Kier molecular flexibility index (Phi) is 6.12. The summed E-state index contributed by atoms with van der Waals surface area (Å²) >= 11 is 6.55. The van der Waals surface area contributed by atoms with Gasteiger partial charge >= 0.3 is 0 Å². The maximum absolute atomic E-state index is 13.4. The van der Waals surface area contributed by atoms with E-state index < -0.39 is 5.82 Å². The second-order valence-electron chi connectivity index (χ2n) is 3.83. The normalized spacial score (nSPS) is 12.2. The first-order valence-corrected chi connectivity index (χ1v) is 7.28. The van der Waals surface area contributed by atoms with Crippen LogP contribution < -0.4 is 5.32 Å².